The molecule has 0 N–H and O–H groups in total. The van der Waals surface area contributed by atoms with Crippen LogP contribution in [0.5, 0.6) is 0 Å². The van der Waals surface area contributed by atoms with Gasteiger partial charge in [-0.15, -0.1) is 0 Å². The Hall–Kier alpha value is -0.860. The Balaban J connectivity index is 1.94. The van der Waals surface area contributed by atoms with Crippen molar-refractivity contribution in [2.24, 2.45) is 0 Å². The molecule has 0 spiro atoms. The summed E-state index contributed by atoms with van der Waals surface area (Å²) in [7, 11) is 0. The van der Waals surface area contributed by atoms with E-state index in [0.717, 1.165) is 37.3 Å². The maximum absolute atomic E-state index is 12.0. The minimum atomic E-state index is 0.291. The maximum atomic E-state index is 12.0. The fourth-order valence-corrected chi connectivity index (χ4v) is 3.84. The summed E-state index contributed by atoms with van der Waals surface area (Å²) in [5.41, 5.74) is 2.66. The zero-order chi connectivity index (χ0) is 13.4. The number of ketones is 1. The van der Waals surface area contributed by atoms with Crippen LogP contribution >= 0.6 is 11.6 Å². The molecule has 1 aromatic carbocycles. The van der Waals surface area contributed by atoms with E-state index in [4.69, 9.17) is 11.6 Å². The highest BCUT2D eigenvalue weighted by Crippen LogP contribution is 2.39. The van der Waals surface area contributed by atoms with Crippen molar-refractivity contribution in [3.8, 4) is 0 Å². The molecule has 0 aliphatic carbocycles. The molecule has 2 heterocycles. The molecule has 0 bridgehead atoms. The summed E-state index contributed by atoms with van der Waals surface area (Å²) in [6, 6.07) is 6.88. The third-order valence-corrected chi connectivity index (χ3v) is 4.71. The van der Waals surface area contributed by atoms with Crippen molar-refractivity contribution in [3.63, 3.8) is 0 Å². The van der Waals surface area contributed by atoms with Crippen molar-refractivity contribution >= 4 is 17.4 Å². The van der Waals surface area contributed by atoms with Crippen molar-refractivity contribution in [1.29, 1.82) is 0 Å². The Labute approximate surface area is 119 Å². The van der Waals surface area contributed by atoms with Crippen LogP contribution in [0.1, 0.15) is 49.8 Å². The second-order valence-corrected chi connectivity index (χ2v) is 6.17. The number of Topliss-reactive ketones (excluding diaryl/α,β-unsaturated/α-hetero) is 1. The number of piperidine rings is 1. The van der Waals surface area contributed by atoms with Gasteiger partial charge in [-0.3, -0.25) is 9.69 Å². The highest BCUT2D eigenvalue weighted by atomic mass is 35.5. The first-order valence-corrected chi connectivity index (χ1v) is 7.62. The first-order chi connectivity index (χ1) is 9.19. The van der Waals surface area contributed by atoms with Crippen LogP contribution in [-0.2, 0) is 11.2 Å². The van der Waals surface area contributed by atoms with Crippen LogP contribution in [0.15, 0.2) is 18.2 Å². The monoisotopic (exact) mass is 277 g/mol. The van der Waals surface area contributed by atoms with Gasteiger partial charge in [0, 0.05) is 36.5 Å². The third kappa shape index (κ3) is 2.44. The first kappa shape index (κ1) is 13.1. The quantitative estimate of drug-likeness (QED) is 0.820. The molecule has 2 aliphatic rings. The predicted octanol–water partition coefficient (Wildman–Crippen LogP) is 3.77. The van der Waals surface area contributed by atoms with Crippen LogP contribution in [0.4, 0.5) is 0 Å². The van der Waals surface area contributed by atoms with Gasteiger partial charge in [0.1, 0.15) is 5.78 Å². The summed E-state index contributed by atoms with van der Waals surface area (Å²) in [5.74, 6) is 0.419. The number of halogens is 1. The van der Waals surface area contributed by atoms with Gasteiger partial charge in [0.15, 0.2) is 0 Å². The van der Waals surface area contributed by atoms with Gasteiger partial charge >= 0.3 is 0 Å². The smallest absolute Gasteiger partial charge is 0.136 e. The molecule has 3 rings (SSSR count). The van der Waals surface area contributed by atoms with Gasteiger partial charge in [0.2, 0.25) is 0 Å². The van der Waals surface area contributed by atoms with E-state index in [1.807, 2.05) is 6.07 Å². The molecule has 2 aliphatic heterocycles. The van der Waals surface area contributed by atoms with Crippen molar-refractivity contribution in [3.05, 3.63) is 34.3 Å². The lowest BCUT2D eigenvalue weighted by atomic mass is 9.82. The number of fused-ring (bicyclic) bond motifs is 3. The molecule has 1 fully saturated rings. The summed E-state index contributed by atoms with van der Waals surface area (Å²) in [5, 5.41) is 0.805. The molecule has 19 heavy (non-hydrogen) atoms. The van der Waals surface area contributed by atoms with Gasteiger partial charge in [0.25, 0.3) is 0 Å². The molecule has 0 saturated carbocycles. The largest absolute Gasteiger partial charge is 0.300 e. The number of carbonyl (C=O) groups excluding carboxylic acids is 1. The van der Waals surface area contributed by atoms with Crippen molar-refractivity contribution in [2.75, 3.05) is 6.54 Å². The average Bonchev–Trinajstić information content (AvgIpc) is 2.38. The van der Waals surface area contributed by atoms with Crippen LogP contribution in [-0.4, -0.2) is 23.3 Å². The number of hydrogen-bond donors (Lipinski definition) is 0. The number of nitrogens with zero attached hydrogens (tertiary/aromatic N) is 1. The van der Waals surface area contributed by atoms with E-state index in [9.17, 15) is 4.79 Å². The van der Waals surface area contributed by atoms with Crippen LogP contribution < -0.4 is 0 Å². The van der Waals surface area contributed by atoms with Crippen LogP contribution in [0.2, 0.25) is 5.02 Å². The van der Waals surface area contributed by atoms with Crippen LogP contribution in [0.3, 0.4) is 0 Å². The zero-order valence-corrected chi connectivity index (χ0v) is 12.1. The summed E-state index contributed by atoms with van der Waals surface area (Å²) in [6.07, 6.45) is 4.75. The highest BCUT2D eigenvalue weighted by Gasteiger charge is 2.37. The van der Waals surface area contributed by atoms with E-state index in [0.29, 0.717) is 24.3 Å². The van der Waals surface area contributed by atoms with Gasteiger partial charge in [-0.1, -0.05) is 31.0 Å². The lowest BCUT2D eigenvalue weighted by Crippen LogP contribution is -2.48. The van der Waals surface area contributed by atoms with Crippen LogP contribution in [0, 0.1) is 0 Å². The molecule has 1 aromatic rings. The molecule has 0 unspecified atom stereocenters. The zero-order valence-electron chi connectivity index (χ0n) is 11.4. The van der Waals surface area contributed by atoms with E-state index in [-0.39, 0.29) is 0 Å². The molecule has 0 aromatic heterocycles. The molecule has 3 heteroatoms. The second kappa shape index (κ2) is 5.26. The van der Waals surface area contributed by atoms with Crippen molar-refractivity contribution < 1.29 is 4.79 Å². The summed E-state index contributed by atoms with van der Waals surface area (Å²) in [6.45, 7) is 3.27. The molecule has 2 atom stereocenters. The number of carbonyl (C=O) groups is 1. The van der Waals surface area contributed by atoms with Gasteiger partial charge in [-0.2, -0.15) is 0 Å². The molecule has 0 radical (unpaired) electrons. The number of rotatable bonds is 2. The summed E-state index contributed by atoms with van der Waals surface area (Å²) in [4.78, 5) is 14.6. The van der Waals surface area contributed by atoms with E-state index in [2.05, 4.69) is 24.0 Å². The van der Waals surface area contributed by atoms with E-state index in [1.165, 1.54) is 11.1 Å². The maximum Gasteiger partial charge on any atom is 0.136 e. The second-order valence-electron chi connectivity index (χ2n) is 5.74. The molecule has 102 valence electrons. The van der Waals surface area contributed by atoms with E-state index >= 15 is 0 Å². The Morgan fingerprint density at radius 2 is 2.21 bits per heavy atom. The van der Waals surface area contributed by atoms with Gasteiger partial charge < -0.3 is 0 Å². The summed E-state index contributed by atoms with van der Waals surface area (Å²) >= 11 is 6.08. The Bertz CT molecular complexity index is 500. The Kier molecular flexibility index (Phi) is 3.64. The van der Waals surface area contributed by atoms with Crippen molar-refractivity contribution in [1.82, 2.24) is 4.90 Å². The minimum Gasteiger partial charge on any atom is -0.300 e. The highest BCUT2D eigenvalue weighted by molar-refractivity contribution is 6.30. The Morgan fingerprint density at radius 1 is 1.37 bits per heavy atom. The lowest BCUT2D eigenvalue weighted by Gasteiger charge is -2.45. The number of benzene rings is 1. The first-order valence-electron chi connectivity index (χ1n) is 7.24. The predicted molar refractivity (Wildman–Crippen MR) is 77.5 cm³/mol. The summed E-state index contributed by atoms with van der Waals surface area (Å²) < 4.78 is 0. The molecular formula is C16H20ClNO. The minimum absolute atomic E-state index is 0.291. The average molecular weight is 278 g/mol. The SMILES string of the molecule is CCC[C@@H]1CC(=O)C[C@H]2c3ccc(Cl)cc3CCN12. The standard InChI is InChI=1S/C16H20ClNO/c1-2-3-13-9-14(19)10-16-15-5-4-12(17)8-11(15)6-7-18(13)16/h4-5,8,13,16H,2-3,6-7,9-10H2,1H3/t13-,16+/m1/s1. The fraction of sp³-hybridized carbons (Fsp3) is 0.562. The third-order valence-electron chi connectivity index (χ3n) is 4.48. The van der Waals surface area contributed by atoms with Gasteiger partial charge in [0.05, 0.1) is 0 Å². The number of hydrogen-bond acceptors (Lipinski definition) is 2. The van der Waals surface area contributed by atoms with Gasteiger partial charge in [-0.05, 0) is 36.1 Å². The van der Waals surface area contributed by atoms with Gasteiger partial charge in [-0.25, -0.2) is 0 Å². The van der Waals surface area contributed by atoms with E-state index < -0.39 is 0 Å². The Morgan fingerprint density at radius 3 is 3.00 bits per heavy atom. The normalized spacial score (nSPS) is 26.9. The van der Waals surface area contributed by atoms with Crippen molar-refractivity contribution in [2.45, 2.75) is 51.1 Å². The molecule has 0 amide bonds. The van der Waals surface area contributed by atoms with E-state index in [1.54, 1.807) is 0 Å². The molecule has 1 saturated heterocycles. The molecule has 2 nitrogen and oxygen atoms in total. The fourth-order valence-electron chi connectivity index (χ4n) is 3.64. The lowest BCUT2D eigenvalue weighted by molar-refractivity contribution is -0.126. The topological polar surface area (TPSA) is 20.3 Å². The van der Waals surface area contributed by atoms with Crippen LogP contribution in [0.25, 0.3) is 0 Å². The molecular weight excluding hydrogens is 258 g/mol.